The number of anilines is 1. The van der Waals surface area contributed by atoms with Crippen LogP contribution in [-0.2, 0) is 0 Å². The highest BCUT2D eigenvalue weighted by atomic mass is 16.2. The lowest BCUT2D eigenvalue weighted by Gasteiger charge is -2.13. The second-order valence-corrected chi connectivity index (χ2v) is 4.19. The van der Waals surface area contributed by atoms with Gasteiger partial charge in [0.05, 0.1) is 5.56 Å². The average Bonchev–Trinajstić information content (AvgIpc) is 2.70. The average molecular weight is 243 g/mol. The van der Waals surface area contributed by atoms with Crippen LogP contribution in [0.15, 0.2) is 36.4 Å². The first-order valence-electron chi connectivity index (χ1n) is 5.86. The summed E-state index contributed by atoms with van der Waals surface area (Å²) in [5, 5.41) is 3.02. The van der Waals surface area contributed by atoms with E-state index in [1.807, 2.05) is 44.2 Å². The lowest BCUT2D eigenvalue weighted by atomic mass is 10.1. The molecule has 1 amide bonds. The van der Waals surface area contributed by atoms with Gasteiger partial charge < -0.3 is 5.32 Å². The Morgan fingerprint density at radius 2 is 1.67 bits per heavy atom. The van der Waals surface area contributed by atoms with E-state index >= 15 is 0 Å². The van der Waals surface area contributed by atoms with Crippen molar-refractivity contribution in [2.24, 2.45) is 0 Å². The summed E-state index contributed by atoms with van der Waals surface area (Å²) in [6, 6.07) is 11.4. The molecule has 0 fully saturated rings. The van der Waals surface area contributed by atoms with E-state index in [9.17, 15) is 4.79 Å². The number of nitrogens with zero attached hydrogens (tertiary/aromatic N) is 1. The van der Waals surface area contributed by atoms with Gasteiger partial charge in [0, 0.05) is 24.1 Å². The monoisotopic (exact) mass is 243 g/mol. The van der Waals surface area contributed by atoms with E-state index in [2.05, 4.69) is 10.7 Å². The van der Waals surface area contributed by atoms with Crippen LogP contribution in [0.1, 0.15) is 21.7 Å². The minimum absolute atomic E-state index is 0.123. The van der Waals surface area contributed by atoms with Crippen LogP contribution in [0, 0.1) is 13.8 Å². The van der Waals surface area contributed by atoms with Gasteiger partial charge >= 0.3 is 0 Å². The summed E-state index contributed by atoms with van der Waals surface area (Å²) in [6.07, 6.45) is 0. The quantitative estimate of drug-likeness (QED) is 0.870. The van der Waals surface area contributed by atoms with Gasteiger partial charge in [-0.1, -0.05) is 12.1 Å². The molecule has 18 heavy (non-hydrogen) atoms. The summed E-state index contributed by atoms with van der Waals surface area (Å²) in [5.74, 6) is -0.123. The highest BCUT2D eigenvalue weighted by Gasteiger charge is 2.11. The van der Waals surface area contributed by atoms with E-state index in [1.54, 1.807) is 17.8 Å². The van der Waals surface area contributed by atoms with Crippen molar-refractivity contribution in [2.75, 3.05) is 17.8 Å². The second kappa shape index (κ2) is 4.96. The summed E-state index contributed by atoms with van der Waals surface area (Å²) in [7, 11) is 1.80. The van der Waals surface area contributed by atoms with Crippen LogP contribution in [0.25, 0.3) is 0 Å². The van der Waals surface area contributed by atoms with Gasteiger partial charge in [0.25, 0.3) is 5.91 Å². The summed E-state index contributed by atoms with van der Waals surface area (Å²) in [4.78, 5) is 12.2. The molecule has 0 spiro atoms. The third-order valence-corrected chi connectivity index (χ3v) is 2.93. The third-order valence-electron chi connectivity index (χ3n) is 2.93. The van der Waals surface area contributed by atoms with Gasteiger partial charge in [-0.05, 0) is 38.1 Å². The van der Waals surface area contributed by atoms with Gasteiger partial charge in [-0.25, -0.2) is 0 Å². The molecule has 2 N–H and O–H groups in total. The fourth-order valence-corrected chi connectivity index (χ4v) is 1.91. The van der Waals surface area contributed by atoms with E-state index < -0.39 is 0 Å². The highest BCUT2D eigenvalue weighted by Crippen LogP contribution is 2.15. The van der Waals surface area contributed by atoms with Crippen molar-refractivity contribution in [1.82, 2.24) is 4.68 Å². The van der Waals surface area contributed by atoms with Crippen LogP contribution in [0.5, 0.6) is 0 Å². The van der Waals surface area contributed by atoms with Crippen molar-refractivity contribution in [2.45, 2.75) is 13.8 Å². The predicted molar refractivity (Wildman–Crippen MR) is 73.6 cm³/mol. The first kappa shape index (κ1) is 12.2. The molecular weight excluding hydrogens is 226 g/mol. The fraction of sp³-hybridized carbons (Fsp3) is 0.214. The molecule has 0 saturated carbocycles. The van der Waals surface area contributed by atoms with Gasteiger partial charge in [-0.15, -0.1) is 0 Å². The standard InChI is InChI=1S/C14H17N3O/c1-10-8-9-11(2)17(10)16-14(18)12-6-4-5-7-13(12)15-3/h4-9,15H,1-3H3,(H,16,18). The molecule has 1 aromatic heterocycles. The van der Waals surface area contributed by atoms with Gasteiger partial charge in [0.1, 0.15) is 0 Å². The normalized spacial score (nSPS) is 10.2. The molecular formula is C14H17N3O. The SMILES string of the molecule is CNc1ccccc1C(=O)Nn1c(C)ccc1C. The summed E-state index contributed by atoms with van der Waals surface area (Å²) in [6.45, 7) is 3.91. The zero-order valence-electron chi connectivity index (χ0n) is 10.8. The lowest BCUT2D eigenvalue weighted by molar-refractivity contribution is 0.101. The Morgan fingerprint density at radius 1 is 1.06 bits per heavy atom. The van der Waals surface area contributed by atoms with Crippen LogP contribution in [0.2, 0.25) is 0 Å². The van der Waals surface area contributed by atoms with E-state index in [-0.39, 0.29) is 5.91 Å². The van der Waals surface area contributed by atoms with Crippen LogP contribution in [0.4, 0.5) is 5.69 Å². The lowest BCUT2D eigenvalue weighted by Crippen LogP contribution is -2.25. The van der Waals surface area contributed by atoms with E-state index in [1.165, 1.54) is 0 Å². The predicted octanol–water partition coefficient (Wildman–Crippen LogP) is 2.53. The second-order valence-electron chi connectivity index (χ2n) is 4.19. The van der Waals surface area contributed by atoms with E-state index in [0.29, 0.717) is 5.56 Å². The van der Waals surface area contributed by atoms with Crippen LogP contribution in [0.3, 0.4) is 0 Å². The maximum atomic E-state index is 12.2. The van der Waals surface area contributed by atoms with E-state index in [0.717, 1.165) is 17.1 Å². The Kier molecular flexibility index (Phi) is 3.37. The maximum absolute atomic E-state index is 12.2. The fourth-order valence-electron chi connectivity index (χ4n) is 1.91. The molecule has 1 heterocycles. The van der Waals surface area contributed by atoms with Crippen LogP contribution in [-0.4, -0.2) is 17.6 Å². The Morgan fingerprint density at radius 3 is 2.28 bits per heavy atom. The number of carbonyl (C=O) groups excluding carboxylic acids is 1. The van der Waals surface area contributed by atoms with Gasteiger partial charge in [-0.2, -0.15) is 0 Å². The molecule has 0 atom stereocenters. The molecule has 4 heteroatoms. The molecule has 0 unspecified atom stereocenters. The van der Waals surface area contributed by atoms with Crippen molar-refractivity contribution in [1.29, 1.82) is 0 Å². The molecule has 4 nitrogen and oxygen atoms in total. The number of nitrogens with one attached hydrogen (secondary N) is 2. The van der Waals surface area contributed by atoms with Crippen molar-refractivity contribution in [3.63, 3.8) is 0 Å². The van der Waals surface area contributed by atoms with Crippen molar-refractivity contribution in [3.8, 4) is 0 Å². The van der Waals surface area contributed by atoms with Crippen LogP contribution < -0.4 is 10.7 Å². The summed E-state index contributed by atoms with van der Waals surface area (Å²) in [5.41, 5.74) is 6.34. The molecule has 1 aromatic carbocycles. The third kappa shape index (κ3) is 2.22. The van der Waals surface area contributed by atoms with E-state index in [4.69, 9.17) is 0 Å². The molecule has 2 aromatic rings. The largest absolute Gasteiger partial charge is 0.387 e. The molecule has 0 radical (unpaired) electrons. The van der Waals surface area contributed by atoms with Crippen molar-refractivity contribution < 1.29 is 4.79 Å². The minimum Gasteiger partial charge on any atom is -0.387 e. The number of carbonyl (C=O) groups is 1. The molecule has 2 rings (SSSR count). The zero-order chi connectivity index (χ0) is 13.1. The molecule has 94 valence electrons. The number of aromatic nitrogens is 1. The van der Waals surface area contributed by atoms with Crippen LogP contribution >= 0.6 is 0 Å². The summed E-state index contributed by atoms with van der Waals surface area (Å²) < 4.78 is 1.79. The molecule has 0 aliphatic rings. The smallest absolute Gasteiger partial charge is 0.272 e. The zero-order valence-corrected chi connectivity index (χ0v) is 10.8. The molecule has 0 saturated heterocycles. The van der Waals surface area contributed by atoms with Gasteiger partial charge in [-0.3, -0.25) is 14.9 Å². The van der Waals surface area contributed by atoms with Crippen molar-refractivity contribution in [3.05, 3.63) is 53.3 Å². The number of hydrogen-bond donors (Lipinski definition) is 2. The Balaban J connectivity index is 2.28. The summed E-state index contributed by atoms with van der Waals surface area (Å²) >= 11 is 0. The van der Waals surface area contributed by atoms with Crippen molar-refractivity contribution >= 4 is 11.6 Å². The number of amides is 1. The Bertz CT molecular complexity index is 553. The van der Waals surface area contributed by atoms with Gasteiger partial charge in [0.2, 0.25) is 0 Å². The number of para-hydroxylation sites is 1. The minimum atomic E-state index is -0.123. The topological polar surface area (TPSA) is 46.1 Å². The number of benzene rings is 1. The number of rotatable bonds is 3. The van der Waals surface area contributed by atoms with Gasteiger partial charge in [0.15, 0.2) is 0 Å². The molecule has 0 aliphatic heterocycles. The Labute approximate surface area is 107 Å². The first-order valence-corrected chi connectivity index (χ1v) is 5.86. The number of hydrogen-bond acceptors (Lipinski definition) is 2. The highest BCUT2D eigenvalue weighted by molar-refractivity contribution is 6.04. The molecule has 0 bridgehead atoms. The maximum Gasteiger partial charge on any atom is 0.272 e. The first-order chi connectivity index (χ1) is 8.63. The molecule has 0 aliphatic carbocycles. The Hall–Kier alpha value is -2.23. The number of aryl methyl sites for hydroxylation is 2.